The zero-order chi connectivity index (χ0) is 11.9. The lowest BCUT2D eigenvalue weighted by atomic mass is 9.99. The van der Waals surface area contributed by atoms with Gasteiger partial charge >= 0.3 is 0 Å². The highest BCUT2D eigenvalue weighted by Gasteiger charge is 2.54. The molecule has 5 heteroatoms. The number of nitrogens with zero attached hydrogens (tertiary/aromatic N) is 1. The van der Waals surface area contributed by atoms with E-state index in [-0.39, 0.29) is 24.8 Å². The standard InChI is InChI=1S/C11H16ClF2NO/c1-2-9(12)10(16)15-5-7-3-4-11(13,14)8(7)6-15/h7-9H,2-6H2,1H3. The Balaban J connectivity index is 2.01. The molecule has 0 aromatic carbocycles. The van der Waals surface area contributed by atoms with Crippen molar-refractivity contribution in [3.05, 3.63) is 0 Å². The third kappa shape index (κ3) is 1.92. The van der Waals surface area contributed by atoms with Crippen LogP contribution < -0.4 is 0 Å². The van der Waals surface area contributed by atoms with Gasteiger partial charge in [0, 0.05) is 25.4 Å². The molecule has 2 nitrogen and oxygen atoms in total. The van der Waals surface area contributed by atoms with Crippen LogP contribution in [-0.4, -0.2) is 35.2 Å². The molecular formula is C11H16ClF2NO. The van der Waals surface area contributed by atoms with Crippen LogP contribution in [0.2, 0.25) is 0 Å². The van der Waals surface area contributed by atoms with Crippen molar-refractivity contribution in [3.63, 3.8) is 0 Å². The zero-order valence-corrected chi connectivity index (χ0v) is 10.0. The molecule has 1 saturated heterocycles. The van der Waals surface area contributed by atoms with Gasteiger partial charge in [0.2, 0.25) is 5.91 Å². The molecule has 3 atom stereocenters. The SMILES string of the molecule is CCC(Cl)C(=O)N1CC2CCC(F)(F)C2C1. The van der Waals surface area contributed by atoms with Crippen molar-refractivity contribution >= 4 is 17.5 Å². The van der Waals surface area contributed by atoms with Crippen LogP contribution in [0.3, 0.4) is 0 Å². The average Bonchev–Trinajstić information content (AvgIpc) is 2.78. The van der Waals surface area contributed by atoms with Gasteiger partial charge in [0.25, 0.3) is 5.92 Å². The number of alkyl halides is 3. The molecule has 2 aliphatic rings. The van der Waals surface area contributed by atoms with E-state index in [0.717, 1.165) is 0 Å². The van der Waals surface area contributed by atoms with E-state index in [1.807, 2.05) is 6.92 Å². The van der Waals surface area contributed by atoms with Gasteiger partial charge < -0.3 is 4.90 Å². The Bertz CT molecular complexity index is 298. The van der Waals surface area contributed by atoms with Gasteiger partial charge in [0.05, 0.1) is 0 Å². The fourth-order valence-electron chi connectivity index (χ4n) is 2.76. The van der Waals surface area contributed by atoms with Crippen molar-refractivity contribution in [2.75, 3.05) is 13.1 Å². The van der Waals surface area contributed by atoms with Crippen LogP contribution in [0.1, 0.15) is 26.2 Å². The molecule has 0 bridgehead atoms. The Morgan fingerprint density at radius 3 is 2.81 bits per heavy atom. The monoisotopic (exact) mass is 251 g/mol. The Hall–Kier alpha value is -0.380. The minimum absolute atomic E-state index is 0.0254. The molecule has 92 valence electrons. The summed E-state index contributed by atoms with van der Waals surface area (Å²) in [6.07, 6.45) is 1.05. The number of carbonyl (C=O) groups is 1. The molecule has 16 heavy (non-hydrogen) atoms. The fraction of sp³-hybridized carbons (Fsp3) is 0.909. The number of rotatable bonds is 2. The summed E-state index contributed by atoms with van der Waals surface area (Å²) in [6, 6.07) is 0. The first-order valence-electron chi connectivity index (χ1n) is 5.76. The van der Waals surface area contributed by atoms with Crippen LogP contribution in [0.15, 0.2) is 0 Å². The van der Waals surface area contributed by atoms with E-state index in [9.17, 15) is 13.6 Å². The molecule has 2 fully saturated rings. The number of likely N-dealkylation sites (tertiary alicyclic amines) is 1. The smallest absolute Gasteiger partial charge is 0.252 e. The quantitative estimate of drug-likeness (QED) is 0.691. The Kier molecular flexibility index (Phi) is 3.12. The zero-order valence-electron chi connectivity index (χ0n) is 9.26. The van der Waals surface area contributed by atoms with Crippen molar-refractivity contribution in [2.45, 2.75) is 37.5 Å². The van der Waals surface area contributed by atoms with Crippen LogP contribution in [0.5, 0.6) is 0 Å². The van der Waals surface area contributed by atoms with Gasteiger partial charge in [-0.15, -0.1) is 11.6 Å². The predicted octanol–water partition coefficient (Wildman–Crippen LogP) is 2.51. The minimum Gasteiger partial charge on any atom is -0.341 e. The lowest BCUT2D eigenvalue weighted by molar-refractivity contribution is -0.130. The summed E-state index contributed by atoms with van der Waals surface area (Å²) in [5.41, 5.74) is 0. The second-order valence-electron chi connectivity index (χ2n) is 4.79. The molecule has 3 unspecified atom stereocenters. The molecule has 0 radical (unpaired) electrons. The number of halogens is 3. The highest BCUT2D eigenvalue weighted by molar-refractivity contribution is 6.30. The summed E-state index contributed by atoms with van der Waals surface area (Å²) < 4.78 is 26.9. The number of amides is 1. The average molecular weight is 252 g/mol. The molecular weight excluding hydrogens is 236 g/mol. The maximum Gasteiger partial charge on any atom is 0.252 e. The second kappa shape index (κ2) is 4.13. The highest BCUT2D eigenvalue weighted by Crippen LogP contribution is 2.48. The fourth-order valence-corrected chi connectivity index (χ4v) is 2.90. The summed E-state index contributed by atoms with van der Waals surface area (Å²) in [6.45, 7) is 2.46. The van der Waals surface area contributed by atoms with Gasteiger partial charge in [0.1, 0.15) is 5.38 Å². The molecule has 0 N–H and O–H groups in total. The minimum atomic E-state index is -2.59. The molecule has 1 aliphatic heterocycles. The number of hydrogen-bond acceptors (Lipinski definition) is 1. The summed E-state index contributed by atoms with van der Waals surface area (Å²) in [4.78, 5) is 13.3. The Morgan fingerprint density at radius 2 is 2.25 bits per heavy atom. The largest absolute Gasteiger partial charge is 0.341 e. The molecule has 1 amide bonds. The highest BCUT2D eigenvalue weighted by atomic mass is 35.5. The molecule has 2 rings (SSSR count). The normalized spacial score (nSPS) is 33.9. The molecule has 1 saturated carbocycles. The van der Waals surface area contributed by atoms with Crippen LogP contribution >= 0.6 is 11.6 Å². The summed E-state index contributed by atoms with van der Waals surface area (Å²) in [5, 5.41) is -0.563. The lowest BCUT2D eigenvalue weighted by Gasteiger charge is -2.22. The van der Waals surface area contributed by atoms with E-state index < -0.39 is 17.2 Å². The topological polar surface area (TPSA) is 20.3 Å². The molecule has 1 aliphatic carbocycles. The van der Waals surface area contributed by atoms with Gasteiger partial charge in [-0.2, -0.15) is 0 Å². The number of carbonyl (C=O) groups excluding carboxylic acids is 1. The second-order valence-corrected chi connectivity index (χ2v) is 5.31. The molecule has 1 heterocycles. The first-order valence-corrected chi connectivity index (χ1v) is 6.20. The van der Waals surface area contributed by atoms with E-state index in [0.29, 0.717) is 19.4 Å². The Labute approximate surface area is 98.9 Å². The van der Waals surface area contributed by atoms with Crippen molar-refractivity contribution < 1.29 is 13.6 Å². The maximum absolute atomic E-state index is 13.4. The van der Waals surface area contributed by atoms with E-state index in [2.05, 4.69) is 0 Å². The lowest BCUT2D eigenvalue weighted by Crippen LogP contribution is -2.37. The van der Waals surface area contributed by atoms with Crippen LogP contribution in [0.25, 0.3) is 0 Å². The molecule has 0 aromatic heterocycles. The summed E-state index contributed by atoms with van der Waals surface area (Å²) in [5.74, 6) is -3.44. The predicted molar refractivity (Wildman–Crippen MR) is 57.7 cm³/mol. The Morgan fingerprint density at radius 1 is 1.56 bits per heavy atom. The summed E-state index contributed by atoms with van der Waals surface area (Å²) in [7, 11) is 0. The molecule has 0 aromatic rings. The van der Waals surface area contributed by atoms with Crippen molar-refractivity contribution in [3.8, 4) is 0 Å². The number of hydrogen-bond donors (Lipinski definition) is 0. The van der Waals surface area contributed by atoms with Crippen molar-refractivity contribution in [2.24, 2.45) is 11.8 Å². The van der Waals surface area contributed by atoms with Crippen LogP contribution in [-0.2, 0) is 4.79 Å². The van der Waals surface area contributed by atoms with E-state index >= 15 is 0 Å². The van der Waals surface area contributed by atoms with Gasteiger partial charge in [-0.25, -0.2) is 8.78 Å². The van der Waals surface area contributed by atoms with Gasteiger partial charge in [-0.05, 0) is 18.8 Å². The van der Waals surface area contributed by atoms with Crippen LogP contribution in [0, 0.1) is 11.8 Å². The third-order valence-electron chi connectivity index (χ3n) is 3.77. The first-order chi connectivity index (χ1) is 7.45. The van der Waals surface area contributed by atoms with Gasteiger partial charge in [0.15, 0.2) is 0 Å². The van der Waals surface area contributed by atoms with Gasteiger partial charge in [-0.1, -0.05) is 6.92 Å². The van der Waals surface area contributed by atoms with Crippen molar-refractivity contribution in [1.29, 1.82) is 0 Å². The number of fused-ring (bicyclic) bond motifs is 1. The van der Waals surface area contributed by atoms with E-state index in [1.165, 1.54) is 4.90 Å². The van der Waals surface area contributed by atoms with E-state index in [1.54, 1.807) is 0 Å². The third-order valence-corrected chi connectivity index (χ3v) is 4.27. The summed E-state index contributed by atoms with van der Waals surface area (Å²) >= 11 is 5.84. The molecule has 0 spiro atoms. The van der Waals surface area contributed by atoms with Gasteiger partial charge in [-0.3, -0.25) is 4.79 Å². The van der Waals surface area contributed by atoms with E-state index in [4.69, 9.17) is 11.6 Å². The first kappa shape index (κ1) is 12.1. The van der Waals surface area contributed by atoms with Crippen LogP contribution in [0.4, 0.5) is 8.78 Å². The maximum atomic E-state index is 13.4. The van der Waals surface area contributed by atoms with Crippen molar-refractivity contribution in [1.82, 2.24) is 4.90 Å².